The number of para-hydroxylation sites is 1. The van der Waals surface area contributed by atoms with Gasteiger partial charge in [0.1, 0.15) is 0 Å². The zero-order valence-corrected chi connectivity index (χ0v) is 17.9. The van der Waals surface area contributed by atoms with Crippen LogP contribution >= 0.6 is 0 Å². The predicted octanol–water partition coefficient (Wildman–Crippen LogP) is 4.06. The van der Waals surface area contributed by atoms with Crippen LogP contribution in [0.5, 0.6) is 11.5 Å². The van der Waals surface area contributed by atoms with Gasteiger partial charge in [0.15, 0.2) is 11.5 Å². The van der Waals surface area contributed by atoms with Gasteiger partial charge in [-0.05, 0) is 48.4 Å². The molecule has 0 spiro atoms. The van der Waals surface area contributed by atoms with E-state index in [0.29, 0.717) is 29.6 Å². The summed E-state index contributed by atoms with van der Waals surface area (Å²) in [5.41, 5.74) is 3.23. The summed E-state index contributed by atoms with van der Waals surface area (Å²) >= 11 is 0. The summed E-state index contributed by atoms with van der Waals surface area (Å²) in [6.45, 7) is 2.40. The largest absolute Gasteiger partial charge is 0.493 e. The molecule has 7 heteroatoms. The summed E-state index contributed by atoms with van der Waals surface area (Å²) in [5.74, 6) is 1.05. The Morgan fingerprint density at radius 1 is 1.00 bits per heavy atom. The van der Waals surface area contributed by atoms with Gasteiger partial charge in [0, 0.05) is 17.4 Å². The molecular formula is C24H26N4O3. The lowest BCUT2D eigenvalue weighted by Crippen LogP contribution is -2.36. The fraction of sp³-hybridized carbons (Fsp3) is 0.208. The second-order valence-electron chi connectivity index (χ2n) is 6.65. The third kappa shape index (κ3) is 5.82. The Morgan fingerprint density at radius 3 is 2.48 bits per heavy atom. The maximum Gasteiger partial charge on any atom is 0.258 e. The van der Waals surface area contributed by atoms with E-state index in [-0.39, 0.29) is 5.91 Å². The maximum absolute atomic E-state index is 12.9. The number of methoxy groups -OCH3 is 2. The van der Waals surface area contributed by atoms with Gasteiger partial charge in [-0.1, -0.05) is 31.2 Å². The smallest absolute Gasteiger partial charge is 0.258 e. The molecule has 31 heavy (non-hydrogen) atoms. The van der Waals surface area contributed by atoms with Gasteiger partial charge < -0.3 is 14.8 Å². The van der Waals surface area contributed by atoms with Crippen molar-refractivity contribution in [1.82, 2.24) is 10.3 Å². The Morgan fingerprint density at radius 2 is 1.77 bits per heavy atom. The molecule has 0 aliphatic heterocycles. The van der Waals surface area contributed by atoms with Gasteiger partial charge in [0.05, 0.1) is 26.5 Å². The number of amides is 1. The van der Waals surface area contributed by atoms with Crippen LogP contribution in [0.15, 0.2) is 71.9 Å². The number of nitrogens with zero attached hydrogens (tertiary/aromatic N) is 2. The minimum Gasteiger partial charge on any atom is -0.493 e. The summed E-state index contributed by atoms with van der Waals surface area (Å²) < 4.78 is 10.5. The van der Waals surface area contributed by atoms with Crippen LogP contribution < -0.4 is 20.1 Å². The lowest BCUT2D eigenvalue weighted by molar-refractivity contribution is 0.0976. The van der Waals surface area contributed by atoms with Crippen molar-refractivity contribution in [3.8, 4) is 11.5 Å². The van der Waals surface area contributed by atoms with Crippen LogP contribution in [-0.2, 0) is 13.0 Å². The fourth-order valence-electron chi connectivity index (χ4n) is 3.00. The third-order valence-electron chi connectivity index (χ3n) is 4.65. The van der Waals surface area contributed by atoms with Crippen molar-refractivity contribution < 1.29 is 14.3 Å². The molecule has 0 fully saturated rings. The van der Waals surface area contributed by atoms with Crippen LogP contribution in [0.4, 0.5) is 5.69 Å². The van der Waals surface area contributed by atoms with Crippen LogP contribution in [0.2, 0.25) is 0 Å². The first-order valence-corrected chi connectivity index (χ1v) is 9.97. The van der Waals surface area contributed by atoms with Gasteiger partial charge in [-0.2, -0.15) is 0 Å². The van der Waals surface area contributed by atoms with Gasteiger partial charge in [-0.25, -0.2) is 4.99 Å². The Hall–Kier alpha value is -3.87. The number of carbonyl (C=O) groups is 1. The highest BCUT2D eigenvalue weighted by Gasteiger charge is 2.14. The number of rotatable bonds is 7. The highest BCUT2D eigenvalue weighted by Crippen LogP contribution is 2.27. The number of anilines is 1. The first kappa shape index (κ1) is 21.8. The summed E-state index contributed by atoms with van der Waals surface area (Å²) in [7, 11) is 3.08. The van der Waals surface area contributed by atoms with E-state index in [1.807, 2.05) is 42.5 Å². The Bertz CT molecular complexity index is 1050. The molecule has 0 saturated carbocycles. The number of guanidine groups is 1. The molecule has 0 bridgehead atoms. The van der Waals surface area contributed by atoms with E-state index in [2.05, 4.69) is 27.5 Å². The summed E-state index contributed by atoms with van der Waals surface area (Å²) in [4.78, 5) is 21.8. The van der Waals surface area contributed by atoms with Crippen molar-refractivity contribution in [1.29, 1.82) is 0 Å². The first-order valence-electron chi connectivity index (χ1n) is 9.97. The number of aliphatic imine (C=N–C) groups is 1. The molecule has 0 saturated heterocycles. The molecule has 0 unspecified atom stereocenters. The quantitative estimate of drug-likeness (QED) is 0.446. The molecule has 0 aliphatic rings. The number of ether oxygens (including phenoxy) is 2. The standard InChI is InChI=1S/C24H26N4O3/c1-4-17-9-5-6-11-20(17)27-24(26-16-19-10-7-8-14-25-19)28-23(29)18-12-13-21(30-2)22(15-18)31-3/h5-15H,4,16H2,1-3H3,(H2,26,27,28,29). The van der Waals surface area contributed by atoms with E-state index in [1.54, 1.807) is 31.5 Å². The number of aromatic nitrogens is 1. The zero-order chi connectivity index (χ0) is 22.1. The number of carbonyl (C=O) groups excluding carboxylic acids is 1. The van der Waals surface area contributed by atoms with E-state index < -0.39 is 0 Å². The van der Waals surface area contributed by atoms with Crippen LogP contribution in [0.3, 0.4) is 0 Å². The highest BCUT2D eigenvalue weighted by molar-refractivity contribution is 6.10. The van der Waals surface area contributed by atoms with E-state index in [4.69, 9.17) is 9.47 Å². The second kappa shape index (κ2) is 10.8. The lowest BCUT2D eigenvalue weighted by Gasteiger charge is -2.15. The Balaban J connectivity index is 1.86. The molecule has 7 nitrogen and oxygen atoms in total. The van der Waals surface area contributed by atoms with E-state index in [9.17, 15) is 4.79 Å². The van der Waals surface area contributed by atoms with Crippen molar-refractivity contribution >= 4 is 17.6 Å². The van der Waals surface area contributed by atoms with Gasteiger partial charge in [-0.3, -0.25) is 15.1 Å². The predicted molar refractivity (Wildman–Crippen MR) is 122 cm³/mol. The minimum absolute atomic E-state index is 0.317. The number of hydrogen-bond acceptors (Lipinski definition) is 5. The summed E-state index contributed by atoms with van der Waals surface area (Å²) in [5, 5.41) is 6.12. The third-order valence-corrected chi connectivity index (χ3v) is 4.65. The zero-order valence-electron chi connectivity index (χ0n) is 17.9. The average Bonchev–Trinajstić information content (AvgIpc) is 2.83. The summed E-state index contributed by atoms with van der Waals surface area (Å²) in [6, 6.07) is 18.5. The Kier molecular flexibility index (Phi) is 7.59. The molecule has 160 valence electrons. The lowest BCUT2D eigenvalue weighted by atomic mass is 10.1. The van der Waals surface area contributed by atoms with Crippen LogP contribution in [-0.4, -0.2) is 31.1 Å². The van der Waals surface area contributed by atoms with Crippen molar-refractivity contribution in [3.05, 3.63) is 83.7 Å². The van der Waals surface area contributed by atoms with Gasteiger partial charge >= 0.3 is 0 Å². The number of nitrogens with one attached hydrogen (secondary N) is 2. The number of pyridine rings is 1. The molecule has 0 radical (unpaired) electrons. The molecule has 1 heterocycles. The van der Waals surface area contributed by atoms with E-state index in [0.717, 1.165) is 23.4 Å². The van der Waals surface area contributed by atoms with Gasteiger partial charge in [0.2, 0.25) is 5.96 Å². The molecule has 0 aliphatic carbocycles. The second-order valence-corrected chi connectivity index (χ2v) is 6.65. The van der Waals surface area contributed by atoms with Crippen molar-refractivity contribution in [2.75, 3.05) is 19.5 Å². The van der Waals surface area contributed by atoms with Gasteiger partial charge in [0.25, 0.3) is 5.91 Å². The summed E-state index contributed by atoms with van der Waals surface area (Å²) in [6.07, 6.45) is 2.56. The molecular weight excluding hydrogens is 392 g/mol. The number of hydrogen-bond donors (Lipinski definition) is 2. The maximum atomic E-state index is 12.9. The molecule has 1 aromatic heterocycles. The Labute approximate surface area is 182 Å². The fourth-order valence-corrected chi connectivity index (χ4v) is 3.00. The SMILES string of the molecule is CCc1ccccc1NC(=NCc1ccccn1)NC(=O)c1ccc(OC)c(OC)c1. The van der Waals surface area contributed by atoms with E-state index in [1.165, 1.54) is 7.11 Å². The molecule has 2 aromatic carbocycles. The van der Waals surface area contributed by atoms with Crippen molar-refractivity contribution in [2.24, 2.45) is 4.99 Å². The minimum atomic E-state index is -0.317. The average molecular weight is 418 g/mol. The van der Waals surface area contributed by atoms with Crippen molar-refractivity contribution in [3.63, 3.8) is 0 Å². The normalized spacial score (nSPS) is 11.0. The molecule has 0 atom stereocenters. The van der Waals surface area contributed by atoms with E-state index >= 15 is 0 Å². The van der Waals surface area contributed by atoms with Gasteiger partial charge in [-0.15, -0.1) is 0 Å². The molecule has 1 amide bonds. The van der Waals surface area contributed by atoms with Crippen LogP contribution in [0.25, 0.3) is 0 Å². The number of benzene rings is 2. The molecule has 3 aromatic rings. The van der Waals surface area contributed by atoms with Crippen LogP contribution in [0.1, 0.15) is 28.5 Å². The monoisotopic (exact) mass is 418 g/mol. The van der Waals surface area contributed by atoms with Crippen molar-refractivity contribution in [2.45, 2.75) is 19.9 Å². The first-order chi connectivity index (χ1) is 15.1. The highest BCUT2D eigenvalue weighted by atomic mass is 16.5. The topological polar surface area (TPSA) is 84.8 Å². The molecule has 2 N–H and O–H groups in total. The number of aryl methyl sites for hydroxylation is 1. The molecule has 3 rings (SSSR count). The van der Waals surface area contributed by atoms with Crippen LogP contribution in [0, 0.1) is 0 Å².